The molecule has 132 valence electrons. The van der Waals surface area contributed by atoms with E-state index in [4.69, 9.17) is 4.74 Å². The van der Waals surface area contributed by atoms with Gasteiger partial charge in [-0.3, -0.25) is 4.79 Å². The molecule has 3 amide bonds. The summed E-state index contributed by atoms with van der Waals surface area (Å²) in [5.41, 5.74) is 1.12. The molecule has 1 aliphatic rings. The van der Waals surface area contributed by atoms with Crippen LogP contribution in [0.2, 0.25) is 0 Å². The number of nitrogens with one attached hydrogen (secondary N) is 2. The number of carbonyl (C=O) groups excluding carboxylic acids is 2. The van der Waals surface area contributed by atoms with E-state index >= 15 is 0 Å². The molecule has 1 fully saturated rings. The first-order valence-electron chi connectivity index (χ1n) is 8.49. The number of urea groups is 1. The Kier molecular flexibility index (Phi) is 6.46. The first-order chi connectivity index (χ1) is 11.5. The number of rotatable bonds is 6. The highest BCUT2D eigenvalue weighted by Gasteiger charge is 2.29. The Labute approximate surface area is 143 Å². The summed E-state index contributed by atoms with van der Waals surface area (Å²) >= 11 is 0. The molecule has 0 aliphatic carbocycles. The Morgan fingerprint density at radius 3 is 2.50 bits per heavy atom. The van der Waals surface area contributed by atoms with E-state index in [1.165, 1.54) is 0 Å². The van der Waals surface area contributed by atoms with Crippen LogP contribution in [0.3, 0.4) is 0 Å². The van der Waals surface area contributed by atoms with E-state index < -0.39 is 0 Å². The molecule has 6 nitrogen and oxygen atoms in total. The molecule has 1 heterocycles. The van der Waals surface area contributed by atoms with Crippen LogP contribution in [0, 0.1) is 5.92 Å². The Balaban J connectivity index is 1.85. The predicted octanol–water partition coefficient (Wildman–Crippen LogP) is 2.31. The minimum atomic E-state index is -0.0767. The van der Waals surface area contributed by atoms with Crippen LogP contribution in [0.15, 0.2) is 24.3 Å². The number of nitrogens with zero attached hydrogens (tertiary/aromatic N) is 1. The van der Waals surface area contributed by atoms with Crippen molar-refractivity contribution < 1.29 is 14.3 Å². The van der Waals surface area contributed by atoms with Gasteiger partial charge in [-0.05, 0) is 30.5 Å². The summed E-state index contributed by atoms with van der Waals surface area (Å²) in [7, 11) is 1.64. The lowest BCUT2D eigenvalue weighted by Crippen LogP contribution is -2.43. The Hall–Kier alpha value is -2.24. The third-order valence-corrected chi connectivity index (χ3v) is 4.24. The van der Waals surface area contributed by atoms with Crippen molar-refractivity contribution in [3.05, 3.63) is 29.8 Å². The predicted molar refractivity (Wildman–Crippen MR) is 92.9 cm³/mol. The second kappa shape index (κ2) is 8.57. The lowest BCUT2D eigenvalue weighted by molar-refractivity contribution is -0.123. The van der Waals surface area contributed by atoms with Crippen molar-refractivity contribution in [1.29, 1.82) is 0 Å². The van der Waals surface area contributed by atoms with Crippen LogP contribution >= 0.6 is 0 Å². The zero-order chi connectivity index (χ0) is 17.5. The number of hydrogen-bond acceptors (Lipinski definition) is 3. The number of benzene rings is 1. The minimum absolute atomic E-state index is 0.00142. The van der Waals surface area contributed by atoms with Crippen molar-refractivity contribution in [3.8, 4) is 5.75 Å². The second-order valence-electron chi connectivity index (χ2n) is 6.30. The average molecular weight is 333 g/mol. The molecule has 2 N–H and O–H groups in total. The van der Waals surface area contributed by atoms with E-state index in [2.05, 4.69) is 10.6 Å². The van der Waals surface area contributed by atoms with Crippen molar-refractivity contribution in [2.75, 3.05) is 26.7 Å². The molecule has 1 aromatic rings. The van der Waals surface area contributed by atoms with Crippen LogP contribution in [-0.4, -0.2) is 43.6 Å². The number of hydrogen-bond donors (Lipinski definition) is 2. The molecule has 0 spiro atoms. The number of amides is 3. The molecule has 1 saturated heterocycles. The maximum absolute atomic E-state index is 12.4. The highest BCUT2D eigenvalue weighted by molar-refractivity contribution is 5.78. The van der Waals surface area contributed by atoms with Crippen LogP contribution in [-0.2, 0) is 4.79 Å². The van der Waals surface area contributed by atoms with Crippen molar-refractivity contribution in [2.24, 2.45) is 5.92 Å². The fourth-order valence-electron chi connectivity index (χ4n) is 2.84. The zero-order valence-electron chi connectivity index (χ0n) is 14.7. The van der Waals surface area contributed by atoms with Crippen molar-refractivity contribution >= 4 is 11.9 Å². The van der Waals surface area contributed by atoms with Crippen LogP contribution in [0.1, 0.15) is 38.3 Å². The van der Waals surface area contributed by atoms with Crippen LogP contribution in [0.25, 0.3) is 0 Å². The Bertz CT molecular complexity index is 557. The molecule has 6 heteroatoms. The van der Waals surface area contributed by atoms with E-state index in [9.17, 15) is 9.59 Å². The van der Waals surface area contributed by atoms with Gasteiger partial charge in [-0.1, -0.05) is 26.0 Å². The van der Waals surface area contributed by atoms with Gasteiger partial charge in [-0.25, -0.2) is 4.79 Å². The van der Waals surface area contributed by atoms with Gasteiger partial charge in [0.1, 0.15) is 5.75 Å². The highest BCUT2D eigenvalue weighted by Crippen LogP contribution is 2.32. The molecule has 0 bridgehead atoms. The van der Waals surface area contributed by atoms with Gasteiger partial charge < -0.3 is 20.3 Å². The van der Waals surface area contributed by atoms with Gasteiger partial charge in [0.25, 0.3) is 0 Å². The largest absolute Gasteiger partial charge is 0.497 e. The molecule has 2 rings (SSSR count). The molecular weight excluding hydrogens is 306 g/mol. The van der Waals surface area contributed by atoms with E-state index in [-0.39, 0.29) is 23.9 Å². The third-order valence-electron chi connectivity index (χ3n) is 4.24. The van der Waals surface area contributed by atoms with Crippen LogP contribution in [0.5, 0.6) is 5.75 Å². The summed E-state index contributed by atoms with van der Waals surface area (Å²) in [4.78, 5) is 25.8. The maximum atomic E-state index is 12.4. The molecule has 24 heavy (non-hydrogen) atoms. The Morgan fingerprint density at radius 1 is 1.21 bits per heavy atom. The van der Waals surface area contributed by atoms with E-state index in [1.807, 2.05) is 43.0 Å². The van der Waals surface area contributed by atoms with Gasteiger partial charge in [0.05, 0.1) is 13.2 Å². The molecule has 0 radical (unpaired) electrons. The smallest absolute Gasteiger partial charge is 0.317 e. The van der Waals surface area contributed by atoms with E-state index in [1.54, 1.807) is 7.11 Å². The molecule has 1 atom stereocenters. The quantitative estimate of drug-likeness (QED) is 0.785. The monoisotopic (exact) mass is 333 g/mol. The molecule has 1 aliphatic heterocycles. The zero-order valence-corrected chi connectivity index (χ0v) is 14.7. The number of carbonyl (C=O) groups is 2. The van der Waals surface area contributed by atoms with Gasteiger partial charge in [0.15, 0.2) is 0 Å². The summed E-state index contributed by atoms with van der Waals surface area (Å²) in [5, 5.41) is 5.69. The summed E-state index contributed by atoms with van der Waals surface area (Å²) in [6.45, 7) is 5.32. The van der Waals surface area contributed by atoms with Gasteiger partial charge in [0, 0.05) is 25.6 Å². The average Bonchev–Trinajstić information content (AvgIpc) is 3.08. The van der Waals surface area contributed by atoms with Crippen molar-refractivity contribution in [2.45, 2.75) is 32.7 Å². The molecule has 0 saturated carbocycles. The minimum Gasteiger partial charge on any atom is -0.497 e. The van der Waals surface area contributed by atoms with Crippen molar-refractivity contribution in [3.63, 3.8) is 0 Å². The molecule has 0 unspecified atom stereocenters. The van der Waals surface area contributed by atoms with Crippen LogP contribution < -0.4 is 15.4 Å². The van der Waals surface area contributed by atoms with Gasteiger partial charge in [0.2, 0.25) is 5.91 Å². The molecule has 0 aromatic heterocycles. The summed E-state index contributed by atoms with van der Waals surface area (Å²) in [6.07, 6.45) is 1.96. The summed E-state index contributed by atoms with van der Waals surface area (Å²) in [5.74, 6) is 0.772. The number of likely N-dealkylation sites (tertiary alicyclic amines) is 1. The second-order valence-corrected chi connectivity index (χ2v) is 6.30. The third kappa shape index (κ3) is 4.63. The first kappa shape index (κ1) is 18.1. The van der Waals surface area contributed by atoms with E-state index in [0.717, 1.165) is 30.7 Å². The fourth-order valence-corrected chi connectivity index (χ4v) is 2.84. The fraction of sp³-hybridized carbons (Fsp3) is 0.556. The normalized spacial score (nSPS) is 17.0. The molecular formula is C18H27N3O3. The van der Waals surface area contributed by atoms with E-state index in [0.29, 0.717) is 13.1 Å². The summed E-state index contributed by atoms with van der Waals surface area (Å²) in [6, 6.07) is 7.89. The van der Waals surface area contributed by atoms with Gasteiger partial charge >= 0.3 is 6.03 Å². The SMILES string of the molecule is COc1ccc([C@@H]2CCCN2C(=O)NCCNC(=O)C(C)C)cc1. The lowest BCUT2D eigenvalue weighted by atomic mass is 10.0. The standard InChI is InChI=1S/C18H27N3O3/c1-13(2)17(22)19-10-11-20-18(23)21-12-4-5-16(21)14-6-8-15(24-3)9-7-14/h6-9,13,16H,4-5,10-12H2,1-3H3,(H,19,22)(H,20,23)/t16-/m0/s1. The number of ether oxygens (including phenoxy) is 1. The van der Waals surface area contributed by atoms with Crippen LogP contribution in [0.4, 0.5) is 4.79 Å². The Morgan fingerprint density at radius 2 is 1.88 bits per heavy atom. The van der Waals surface area contributed by atoms with Gasteiger partial charge in [-0.15, -0.1) is 0 Å². The van der Waals surface area contributed by atoms with Gasteiger partial charge in [-0.2, -0.15) is 0 Å². The molecule has 1 aromatic carbocycles. The summed E-state index contributed by atoms with van der Waals surface area (Å²) < 4.78 is 5.18. The first-order valence-corrected chi connectivity index (χ1v) is 8.49. The topological polar surface area (TPSA) is 70.7 Å². The highest BCUT2D eigenvalue weighted by atomic mass is 16.5. The van der Waals surface area contributed by atoms with Crippen molar-refractivity contribution in [1.82, 2.24) is 15.5 Å². The number of methoxy groups -OCH3 is 1. The lowest BCUT2D eigenvalue weighted by Gasteiger charge is -2.25. The maximum Gasteiger partial charge on any atom is 0.317 e.